The van der Waals surface area contributed by atoms with Crippen molar-refractivity contribution < 1.29 is 4.79 Å². The lowest BCUT2D eigenvalue weighted by molar-refractivity contribution is 0.0803. The summed E-state index contributed by atoms with van der Waals surface area (Å²) in [6, 6.07) is 0. The van der Waals surface area contributed by atoms with Gasteiger partial charge in [0.25, 0.3) is 5.91 Å². The predicted octanol–water partition coefficient (Wildman–Crippen LogP) is 0.720. The van der Waals surface area contributed by atoms with Crippen molar-refractivity contribution in [2.75, 3.05) is 19.5 Å². The van der Waals surface area contributed by atoms with Crippen LogP contribution >= 0.6 is 11.6 Å². The number of amides is 1. The third kappa shape index (κ3) is 1.98. The highest BCUT2D eigenvalue weighted by atomic mass is 35.5. The Bertz CT molecular complexity index is 247. The van der Waals surface area contributed by atoms with Crippen molar-refractivity contribution in [1.29, 1.82) is 0 Å². The molecule has 66 valence electrons. The van der Waals surface area contributed by atoms with Crippen LogP contribution in [-0.4, -0.2) is 40.5 Å². The van der Waals surface area contributed by atoms with Crippen molar-refractivity contribution in [3.05, 3.63) is 18.0 Å². The van der Waals surface area contributed by atoms with E-state index in [-0.39, 0.29) is 5.91 Å². The smallest absolute Gasteiger partial charge is 0.256 e. The number of alkyl halides is 1. The molecule has 0 aliphatic rings. The number of halogens is 1. The summed E-state index contributed by atoms with van der Waals surface area (Å²) in [5, 5.41) is 6.26. The molecule has 0 spiro atoms. The molecule has 12 heavy (non-hydrogen) atoms. The van der Waals surface area contributed by atoms with Crippen LogP contribution in [0.1, 0.15) is 10.4 Å². The number of carbonyl (C=O) groups excluding carboxylic acids is 1. The Balaban J connectivity index is 2.59. The zero-order valence-electron chi connectivity index (χ0n) is 6.75. The summed E-state index contributed by atoms with van der Waals surface area (Å²) in [6.45, 7) is 0.547. The zero-order chi connectivity index (χ0) is 8.97. The van der Waals surface area contributed by atoms with E-state index in [4.69, 9.17) is 11.6 Å². The predicted molar refractivity (Wildman–Crippen MR) is 46.3 cm³/mol. The summed E-state index contributed by atoms with van der Waals surface area (Å²) < 4.78 is 0. The van der Waals surface area contributed by atoms with E-state index in [0.717, 1.165) is 0 Å². The molecule has 4 nitrogen and oxygen atoms in total. The van der Waals surface area contributed by atoms with Crippen LogP contribution in [0, 0.1) is 0 Å². The van der Waals surface area contributed by atoms with Gasteiger partial charge in [0.1, 0.15) is 0 Å². The molecule has 1 heterocycles. The minimum absolute atomic E-state index is 0.0654. The molecule has 0 saturated carbocycles. The molecule has 1 aromatic heterocycles. The van der Waals surface area contributed by atoms with Crippen LogP contribution in [0.3, 0.4) is 0 Å². The van der Waals surface area contributed by atoms with Crippen molar-refractivity contribution in [2.24, 2.45) is 0 Å². The number of nitrogens with one attached hydrogen (secondary N) is 1. The monoisotopic (exact) mass is 187 g/mol. The number of carbonyl (C=O) groups is 1. The van der Waals surface area contributed by atoms with Gasteiger partial charge in [0.15, 0.2) is 0 Å². The first kappa shape index (κ1) is 9.06. The molecule has 1 N–H and O–H groups in total. The number of hydrogen-bond donors (Lipinski definition) is 1. The van der Waals surface area contributed by atoms with Gasteiger partial charge in [0.2, 0.25) is 0 Å². The van der Waals surface area contributed by atoms with E-state index in [9.17, 15) is 4.79 Å². The van der Waals surface area contributed by atoms with Crippen molar-refractivity contribution in [3.63, 3.8) is 0 Å². The lowest BCUT2D eigenvalue weighted by Crippen LogP contribution is -2.28. The molecule has 5 heteroatoms. The quantitative estimate of drug-likeness (QED) is 0.709. The SMILES string of the molecule is CN(CCCl)C(=O)c1cn[nH]c1. The van der Waals surface area contributed by atoms with Crippen LogP contribution in [0.5, 0.6) is 0 Å². The highest BCUT2D eigenvalue weighted by Gasteiger charge is 2.10. The Kier molecular flexibility index (Phi) is 3.10. The topological polar surface area (TPSA) is 49.0 Å². The third-order valence-corrected chi connectivity index (χ3v) is 1.68. The number of H-pyrrole nitrogens is 1. The van der Waals surface area contributed by atoms with Gasteiger partial charge in [-0.05, 0) is 0 Å². The maximum Gasteiger partial charge on any atom is 0.256 e. The second kappa shape index (κ2) is 4.11. The lowest BCUT2D eigenvalue weighted by atomic mass is 10.3. The van der Waals surface area contributed by atoms with Crippen LogP contribution < -0.4 is 0 Å². The van der Waals surface area contributed by atoms with E-state index >= 15 is 0 Å². The van der Waals surface area contributed by atoms with Crippen LogP contribution in [0.2, 0.25) is 0 Å². The van der Waals surface area contributed by atoms with Gasteiger partial charge in [-0.2, -0.15) is 5.10 Å². The lowest BCUT2D eigenvalue weighted by Gasteiger charge is -2.13. The summed E-state index contributed by atoms with van der Waals surface area (Å²) in [5.41, 5.74) is 0.558. The highest BCUT2D eigenvalue weighted by Crippen LogP contribution is 1.99. The van der Waals surface area contributed by atoms with Gasteiger partial charge in [-0.1, -0.05) is 0 Å². The Morgan fingerprint density at radius 3 is 3.08 bits per heavy atom. The molecule has 1 aromatic rings. The number of aromatic nitrogens is 2. The minimum Gasteiger partial charge on any atom is -0.340 e. The van der Waals surface area contributed by atoms with Crippen LogP contribution in [0.4, 0.5) is 0 Å². The van der Waals surface area contributed by atoms with E-state index in [1.807, 2.05) is 0 Å². The molecule has 0 radical (unpaired) electrons. The first-order valence-electron chi connectivity index (χ1n) is 3.56. The van der Waals surface area contributed by atoms with Crippen LogP contribution in [-0.2, 0) is 0 Å². The molecule has 0 unspecified atom stereocenters. The molecule has 0 fully saturated rings. The fourth-order valence-electron chi connectivity index (χ4n) is 0.817. The third-order valence-electron chi connectivity index (χ3n) is 1.51. The largest absolute Gasteiger partial charge is 0.340 e. The fourth-order valence-corrected chi connectivity index (χ4v) is 1.07. The van der Waals surface area contributed by atoms with Crippen molar-refractivity contribution in [1.82, 2.24) is 15.1 Å². The van der Waals surface area contributed by atoms with Gasteiger partial charge < -0.3 is 4.90 Å². The number of nitrogens with zero attached hydrogens (tertiary/aromatic N) is 2. The summed E-state index contributed by atoms with van der Waals surface area (Å²) in [5.74, 6) is 0.379. The summed E-state index contributed by atoms with van der Waals surface area (Å²) in [4.78, 5) is 13.0. The average molecular weight is 188 g/mol. The summed E-state index contributed by atoms with van der Waals surface area (Å²) in [7, 11) is 1.71. The van der Waals surface area contributed by atoms with Gasteiger partial charge in [0, 0.05) is 25.7 Å². The fraction of sp³-hybridized carbons (Fsp3) is 0.429. The standard InChI is InChI=1S/C7H10ClN3O/c1-11(3-2-8)7(12)6-4-9-10-5-6/h4-5H,2-3H2,1H3,(H,9,10). The molecular weight excluding hydrogens is 178 g/mol. The Labute approximate surface area is 75.5 Å². The number of rotatable bonds is 3. The van der Waals surface area contributed by atoms with Gasteiger partial charge in [-0.25, -0.2) is 0 Å². The average Bonchev–Trinajstić information content (AvgIpc) is 2.55. The molecule has 0 aromatic carbocycles. The Hall–Kier alpha value is -1.03. The first-order chi connectivity index (χ1) is 5.75. The summed E-state index contributed by atoms with van der Waals surface area (Å²) in [6.07, 6.45) is 3.06. The molecule has 0 atom stereocenters. The maximum atomic E-state index is 11.4. The maximum absolute atomic E-state index is 11.4. The minimum atomic E-state index is -0.0654. The zero-order valence-corrected chi connectivity index (χ0v) is 7.51. The highest BCUT2D eigenvalue weighted by molar-refractivity contribution is 6.18. The second-order valence-corrected chi connectivity index (χ2v) is 2.78. The molecular formula is C7H10ClN3O. The van der Waals surface area contributed by atoms with Gasteiger partial charge in [-0.3, -0.25) is 9.89 Å². The Morgan fingerprint density at radius 2 is 2.58 bits per heavy atom. The molecule has 0 aliphatic heterocycles. The summed E-state index contributed by atoms with van der Waals surface area (Å²) >= 11 is 5.48. The first-order valence-corrected chi connectivity index (χ1v) is 4.09. The number of aromatic amines is 1. The van der Waals surface area contributed by atoms with E-state index in [1.54, 1.807) is 18.1 Å². The number of hydrogen-bond acceptors (Lipinski definition) is 2. The molecule has 0 bridgehead atoms. The van der Waals surface area contributed by atoms with Crippen molar-refractivity contribution in [2.45, 2.75) is 0 Å². The Morgan fingerprint density at radius 1 is 1.83 bits per heavy atom. The molecule has 1 rings (SSSR count). The molecule has 1 amide bonds. The van der Waals surface area contributed by atoms with Gasteiger partial charge in [0.05, 0.1) is 11.8 Å². The van der Waals surface area contributed by atoms with Gasteiger partial charge in [-0.15, -0.1) is 11.6 Å². The molecule has 0 aliphatic carbocycles. The van der Waals surface area contributed by atoms with Crippen molar-refractivity contribution in [3.8, 4) is 0 Å². The van der Waals surface area contributed by atoms with E-state index in [0.29, 0.717) is 18.0 Å². The van der Waals surface area contributed by atoms with E-state index < -0.39 is 0 Å². The van der Waals surface area contributed by atoms with Crippen LogP contribution in [0.25, 0.3) is 0 Å². The normalized spacial score (nSPS) is 9.83. The molecule has 0 saturated heterocycles. The van der Waals surface area contributed by atoms with Crippen molar-refractivity contribution >= 4 is 17.5 Å². The second-order valence-electron chi connectivity index (χ2n) is 2.40. The van der Waals surface area contributed by atoms with E-state index in [2.05, 4.69) is 10.2 Å². The van der Waals surface area contributed by atoms with Gasteiger partial charge >= 0.3 is 0 Å². The van der Waals surface area contributed by atoms with Crippen LogP contribution in [0.15, 0.2) is 12.4 Å². The van der Waals surface area contributed by atoms with E-state index in [1.165, 1.54) is 6.20 Å².